The van der Waals surface area contributed by atoms with Crippen molar-refractivity contribution in [2.45, 2.75) is 0 Å². The van der Waals surface area contributed by atoms with Crippen molar-refractivity contribution in [3.8, 4) is 0 Å². The molecule has 0 amide bonds. The first kappa shape index (κ1) is 7.17. The van der Waals surface area contributed by atoms with Crippen molar-refractivity contribution in [1.29, 1.82) is 0 Å². The SMILES string of the molecule is NS(=O)C1=NOC=CC=C1. The van der Waals surface area contributed by atoms with Gasteiger partial charge in [-0.15, -0.1) is 0 Å². The second kappa shape index (κ2) is 3.28. The van der Waals surface area contributed by atoms with E-state index in [-0.39, 0.29) is 5.04 Å². The molecule has 1 unspecified atom stereocenters. The molecule has 1 rings (SSSR count). The lowest BCUT2D eigenvalue weighted by Gasteiger charge is -1.90. The zero-order valence-electron chi connectivity index (χ0n) is 5.06. The molecule has 1 aliphatic heterocycles. The first-order chi connectivity index (χ1) is 4.80. The Morgan fingerprint density at radius 3 is 3.10 bits per heavy atom. The summed E-state index contributed by atoms with van der Waals surface area (Å²) in [6.45, 7) is 0. The predicted octanol–water partition coefficient (Wildman–Crippen LogP) is 0.0224. The van der Waals surface area contributed by atoms with Gasteiger partial charge in [0, 0.05) is 0 Å². The minimum atomic E-state index is -1.56. The molecule has 0 radical (unpaired) electrons. The molecule has 54 valence electrons. The quantitative estimate of drug-likeness (QED) is 0.540. The summed E-state index contributed by atoms with van der Waals surface area (Å²) >= 11 is 0. The maximum absolute atomic E-state index is 10.6. The van der Waals surface area contributed by atoms with Gasteiger partial charge in [-0.05, 0) is 12.2 Å². The number of oxime groups is 1. The van der Waals surface area contributed by atoms with Gasteiger partial charge in [0.15, 0.2) is 5.04 Å². The fraction of sp³-hybridized carbons (Fsp3) is 0. The molecule has 0 bridgehead atoms. The standard InChI is InChI=1S/C5H6N2O2S/c6-10(8)5-3-1-2-4-9-7-5/h1-4H,6H2. The summed E-state index contributed by atoms with van der Waals surface area (Å²) in [5.74, 6) is 0. The van der Waals surface area contributed by atoms with Gasteiger partial charge >= 0.3 is 0 Å². The Morgan fingerprint density at radius 2 is 2.40 bits per heavy atom. The molecule has 0 aromatic carbocycles. The van der Waals surface area contributed by atoms with Crippen molar-refractivity contribution in [1.82, 2.24) is 0 Å². The van der Waals surface area contributed by atoms with E-state index in [1.807, 2.05) is 0 Å². The van der Waals surface area contributed by atoms with Crippen LogP contribution in [0, 0.1) is 0 Å². The van der Waals surface area contributed by atoms with Crippen molar-refractivity contribution in [2.75, 3.05) is 0 Å². The molecular formula is C5H6N2O2S. The van der Waals surface area contributed by atoms with Crippen LogP contribution in [-0.4, -0.2) is 9.25 Å². The Labute approximate surface area is 60.6 Å². The van der Waals surface area contributed by atoms with Crippen molar-refractivity contribution < 1.29 is 9.05 Å². The minimum Gasteiger partial charge on any atom is -0.364 e. The van der Waals surface area contributed by atoms with E-state index in [9.17, 15) is 4.21 Å². The third-order valence-corrected chi connectivity index (χ3v) is 1.46. The number of nitrogens with two attached hydrogens (primary N) is 1. The van der Waals surface area contributed by atoms with Crippen LogP contribution in [0.3, 0.4) is 0 Å². The van der Waals surface area contributed by atoms with E-state index >= 15 is 0 Å². The molecule has 0 aromatic heterocycles. The summed E-state index contributed by atoms with van der Waals surface area (Å²) < 4.78 is 10.6. The van der Waals surface area contributed by atoms with E-state index in [0.717, 1.165) is 0 Å². The molecule has 0 saturated heterocycles. The van der Waals surface area contributed by atoms with Crippen molar-refractivity contribution in [3.05, 3.63) is 24.5 Å². The van der Waals surface area contributed by atoms with Crippen LogP contribution in [0.1, 0.15) is 0 Å². The molecule has 1 atom stereocenters. The zero-order chi connectivity index (χ0) is 7.40. The highest BCUT2D eigenvalue weighted by molar-refractivity contribution is 7.99. The number of rotatable bonds is 0. The van der Waals surface area contributed by atoms with E-state index in [2.05, 4.69) is 9.99 Å². The molecule has 0 aliphatic carbocycles. The minimum absolute atomic E-state index is 0.227. The maximum atomic E-state index is 10.6. The van der Waals surface area contributed by atoms with Crippen LogP contribution in [0.25, 0.3) is 0 Å². The average molecular weight is 158 g/mol. The van der Waals surface area contributed by atoms with Gasteiger partial charge in [0.25, 0.3) is 0 Å². The van der Waals surface area contributed by atoms with Crippen molar-refractivity contribution in [2.24, 2.45) is 10.3 Å². The Bertz CT molecular complexity index is 232. The van der Waals surface area contributed by atoms with Crippen LogP contribution >= 0.6 is 0 Å². The van der Waals surface area contributed by atoms with Crippen molar-refractivity contribution in [3.63, 3.8) is 0 Å². The molecule has 0 spiro atoms. The normalized spacial score (nSPS) is 19.1. The Kier molecular flexibility index (Phi) is 2.35. The van der Waals surface area contributed by atoms with Gasteiger partial charge in [-0.3, -0.25) is 0 Å². The van der Waals surface area contributed by atoms with Gasteiger partial charge < -0.3 is 4.84 Å². The van der Waals surface area contributed by atoms with Crippen LogP contribution < -0.4 is 5.14 Å². The average Bonchev–Trinajstić information content (AvgIpc) is 2.12. The first-order valence-corrected chi connectivity index (χ1v) is 3.75. The molecule has 1 heterocycles. The summed E-state index contributed by atoms with van der Waals surface area (Å²) in [7, 11) is -1.56. The highest BCUT2D eigenvalue weighted by atomic mass is 32.2. The summed E-state index contributed by atoms with van der Waals surface area (Å²) in [4.78, 5) is 4.54. The molecule has 0 fully saturated rings. The molecule has 5 heteroatoms. The van der Waals surface area contributed by atoms with Gasteiger partial charge in [0.05, 0.1) is 0 Å². The van der Waals surface area contributed by atoms with E-state index in [0.29, 0.717) is 0 Å². The van der Waals surface area contributed by atoms with Gasteiger partial charge in [0.1, 0.15) is 17.2 Å². The van der Waals surface area contributed by atoms with Gasteiger partial charge in [0.2, 0.25) is 0 Å². The van der Waals surface area contributed by atoms with Crippen LogP contribution in [-0.2, 0) is 15.8 Å². The van der Waals surface area contributed by atoms with Crippen LogP contribution in [0.15, 0.2) is 29.6 Å². The fourth-order valence-electron chi connectivity index (χ4n) is 0.435. The molecule has 0 aromatic rings. The summed E-state index contributed by atoms with van der Waals surface area (Å²) in [6.07, 6.45) is 6.18. The topological polar surface area (TPSA) is 64.7 Å². The van der Waals surface area contributed by atoms with Gasteiger partial charge in [-0.1, -0.05) is 11.2 Å². The van der Waals surface area contributed by atoms with E-state index < -0.39 is 11.0 Å². The third-order valence-electron chi connectivity index (χ3n) is 0.838. The second-order valence-electron chi connectivity index (χ2n) is 1.52. The van der Waals surface area contributed by atoms with Crippen LogP contribution in [0.2, 0.25) is 0 Å². The number of nitrogens with zero attached hydrogens (tertiary/aromatic N) is 1. The highest BCUT2D eigenvalue weighted by Crippen LogP contribution is 1.93. The fourth-order valence-corrected chi connectivity index (χ4v) is 0.764. The van der Waals surface area contributed by atoms with E-state index in [1.165, 1.54) is 12.3 Å². The predicted molar refractivity (Wildman–Crippen MR) is 39.1 cm³/mol. The molecule has 2 N–H and O–H groups in total. The maximum Gasteiger partial charge on any atom is 0.182 e. The Hall–Kier alpha value is -0.940. The number of hydrogen-bond acceptors (Lipinski definition) is 3. The van der Waals surface area contributed by atoms with Gasteiger partial charge in [-0.25, -0.2) is 9.35 Å². The number of allylic oxidation sites excluding steroid dienone is 2. The molecule has 0 saturated carbocycles. The van der Waals surface area contributed by atoms with Crippen LogP contribution in [0.5, 0.6) is 0 Å². The van der Waals surface area contributed by atoms with Crippen molar-refractivity contribution >= 4 is 16.0 Å². The smallest absolute Gasteiger partial charge is 0.182 e. The summed E-state index contributed by atoms with van der Waals surface area (Å²) in [5, 5.41) is 8.69. The van der Waals surface area contributed by atoms with E-state index in [4.69, 9.17) is 5.14 Å². The first-order valence-electron chi connectivity index (χ1n) is 2.54. The molecular weight excluding hydrogens is 152 g/mol. The lowest BCUT2D eigenvalue weighted by Crippen LogP contribution is -2.12. The van der Waals surface area contributed by atoms with Gasteiger partial charge in [-0.2, -0.15) is 0 Å². The summed E-state index contributed by atoms with van der Waals surface area (Å²) in [5.41, 5.74) is 0. The second-order valence-corrected chi connectivity index (χ2v) is 2.53. The zero-order valence-corrected chi connectivity index (χ0v) is 5.88. The number of hydrogen-bond donors (Lipinski definition) is 1. The third kappa shape index (κ3) is 1.78. The lowest BCUT2D eigenvalue weighted by molar-refractivity contribution is 0.270. The lowest BCUT2D eigenvalue weighted by atomic mass is 10.5. The van der Waals surface area contributed by atoms with Crippen LogP contribution in [0.4, 0.5) is 0 Å². The highest BCUT2D eigenvalue weighted by Gasteiger charge is 2.00. The van der Waals surface area contributed by atoms with E-state index in [1.54, 1.807) is 12.2 Å². The molecule has 1 aliphatic rings. The Balaban J connectivity index is 2.78. The summed E-state index contributed by atoms with van der Waals surface area (Å²) in [6, 6.07) is 0. The molecule has 4 nitrogen and oxygen atoms in total. The Morgan fingerprint density at radius 1 is 1.60 bits per heavy atom. The monoisotopic (exact) mass is 158 g/mol. The molecule has 10 heavy (non-hydrogen) atoms. The largest absolute Gasteiger partial charge is 0.364 e.